The molecule has 2 N–H and O–H groups in total. The van der Waals surface area contributed by atoms with Gasteiger partial charge in [-0.1, -0.05) is 4.49 Å². The lowest BCUT2D eigenvalue weighted by Crippen LogP contribution is -2.09. The molecular formula is C9H11N5O2S. The first-order valence-electron chi connectivity index (χ1n) is 5.02. The molecule has 0 saturated heterocycles. The number of hydrogen-bond acceptors (Lipinski definition) is 7. The van der Waals surface area contributed by atoms with E-state index in [0.29, 0.717) is 18.8 Å². The number of carbonyl (C=O) groups is 1. The lowest BCUT2D eigenvalue weighted by molar-refractivity contribution is 0.0518. The molecule has 0 unspecified atom stereocenters. The SMILES string of the molecule is CCOC(=O)c1[nH]ncc1CNc1cnns1. The molecule has 8 heteroatoms. The van der Waals surface area contributed by atoms with Crippen molar-refractivity contribution in [3.8, 4) is 0 Å². The molecule has 2 rings (SSSR count). The van der Waals surface area contributed by atoms with Crippen LogP contribution in [0, 0.1) is 0 Å². The molecule has 0 aliphatic rings. The second-order valence-electron chi connectivity index (χ2n) is 3.13. The van der Waals surface area contributed by atoms with E-state index in [1.54, 1.807) is 19.3 Å². The van der Waals surface area contributed by atoms with Crippen molar-refractivity contribution < 1.29 is 9.53 Å². The van der Waals surface area contributed by atoms with Crippen molar-refractivity contribution in [2.45, 2.75) is 13.5 Å². The van der Waals surface area contributed by atoms with Crippen LogP contribution in [0.15, 0.2) is 12.4 Å². The quantitative estimate of drug-likeness (QED) is 0.774. The molecule has 17 heavy (non-hydrogen) atoms. The molecular weight excluding hydrogens is 242 g/mol. The second-order valence-corrected chi connectivity index (χ2v) is 3.91. The Labute approximate surface area is 101 Å². The topological polar surface area (TPSA) is 92.8 Å². The van der Waals surface area contributed by atoms with Gasteiger partial charge in [-0.2, -0.15) is 5.10 Å². The zero-order valence-corrected chi connectivity index (χ0v) is 9.95. The Morgan fingerprint density at radius 1 is 1.59 bits per heavy atom. The van der Waals surface area contributed by atoms with Crippen LogP contribution in [0.4, 0.5) is 5.00 Å². The van der Waals surface area contributed by atoms with E-state index in [1.807, 2.05) is 0 Å². The maximum Gasteiger partial charge on any atom is 0.356 e. The number of anilines is 1. The van der Waals surface area contributed by atoms with Gasteiger partial charge in [0.15, 0.2) is 0 Å². The number of H-pyrrole nitrogens is 1. The highest BCUT2D eigenvalue weighted by molar-refractivity contribution is 7.09. The Morgan fingerprint density at radius 2 is 2.47 bits per heavy atom. The van der Waals surface area contributed by atoms with Crippen LogP contribution in [-0.4, -0.2) is 32.4 Å². The molecule has 2 aromatic rings. The standard InChI is InChI=1S/C9H11N5O2S/c1-2-16-9(15)8-6(4-11-13-8)3-10-7-5-12-14-17-7/h4-5,10H,2-3H2,1H3,(H,11,13). The number of aromatic nitrogens is 4. The molecule has 0 radical (unpaired) electrons. The van der Waals surface area contributed by atoms with E-state index in [0.717, 1.165) is 10.6 Å². The molecule has 0 amide bonds. The van der Waals surface area contributed by atoms with Crippen molar-refractivity contribution in [1.29, 1.82) is 0 Å². The Bertz CT molecular complexity index is 481. The minimum atomic E-state index is -0.399. The maximum absolute atomic E-state index is 11.5. The smallest absolute Gasteiger partial charge is 0.356 e. The van der Waals surface area contributed by atoms with Crippen LogP contribution in [0.2, 0.25) is 0 Å². The molecule has 0 spiro atoms. The van der Waals surface area contributed by atoms with Crippen molar-refractivity contribution in [1.82, 2.24) is 19.8 Å². The van der Waals surface area contributed by atoms with E-state index in [-0.39, 0.29) is 0 Å². The summed E-state index contributed by atoms with van der Waals surface area (Å²) in [6.45, 7) is 2.56. The van der Waals surface area contributed by atoms with E-state index < -0.39 is 5.97 Å². The van der Waals surface area contributed by atoms with Gasteiger partial charge < -0.3 is 10.1 Å². The van der Waals surface area contributed by atoms with E-state index >= 15 is 0 Å². The fraction of sp³-hybridized carbons (Fsp3) is 0.333. The van der Waals surface area contributed by atoms with Crippen molar-refractivity contribution in [2.24, 2.45) is 0 Å². The predicted molar refractivity (Wildman–Crippen MR) is 61.8 cm³/mol. The van der Waals surface area contributed by atoms with Crippen molar-refractivity contribution in [3.63, 3.8) is 0 Å². The largest absolute Gasteiger partial charge is 0.461 e. The van der Waals surface area contributed by atoms with Crippen LogP contribution in [0.1, 0.15) is 23.0 Å². The Hall–Kier alpha value is -1.96. The third kappa shape index (κ3) is 2.78. The van der Waals surface area contributed by atoms with Gasteiger partial charge in [0.25, 0.3) is 0 Å². The Kier molecular flexibility index (Phi) is 3.66. The van der Waals surface area contributed by atoms with Crippen LogP contribution >= 0.6 is 11.5 Å². The third-order valence-electron chi connectivity index (χ3n) is 2.01. The molecule has 0 aliphatic heterocycles. The number of hydrogen-bond donors (Lipinski definition) is 2. The van der Waals surface area contributed by atoms with Gasteiger partial charge in [0.1, 0.15) is 10.7 Å². The molecule has 0 atom stereocenters. The number of rotatable bonds is 5. The molecule has 0 aliphatic carbocycles. The summed E-state index contributed by atoms with van der Waals surface area (Å²) in [5.74, 6) is -0.399. The summed E-state index contributed by atoms with van der Waals surface area (Å²) < 4.78 is 8.63. The molecule has 0 fully saturated rings. The summed E-state index contributed by atoms with van der Waals surface area (Å²) in [5, 5.41) is 14.1. The highest BCUT2D eigenvalue weighted by Gasteiger charge is 2.14. The van der Waals surface area contributed by atoms with Crippen LogP contribution in [0.5, 0.6) is 0 Å². The van der Waals surface area contributed by atoms with Crippen molar-refractivity contribution in [2.75, 3.05) is 11.9 Å². The number of ether oxygens (including phenoxy) is 1. The second kappa shape index (κ2) is 5.39. The first-order valence-corrected chi connectivity index (χ1v) is 5.79. The third-order valence-corrected chi connectivity index (χ3v) is 2.63. The molecule has 7 nitrogen and oxygen atoms in total. The van der Waals surface area contributed by atoms with Crippen LogP contribution < -0.4 is 5.32 Å². The number of carbonyl (C=O) groups excluding carboxylic acids is 1. The number of esters is 1. The molecule has 90 valence electrons. The highest BCUT2D eigenvalue weighted by atomic mass is 32.1. The number of nitrogens with one attached hydrogen (secondary N) is 2. The van der Waals surface area contributed by atoms with E-state index in [2.05, 4.69) is 25.1 Å². The summed E-state index contributed by atoms with van der Waals surface area (Å²) in [5.41, 5.74) is 1.12. The average Bonchev–Trinajstić information content (AvgIpc) is 2.98. The van der Waals surface area contributed by atoms with Gasteiger partial charge in [-0.15, -0.1) is 5.10 Å². The molecule has 2 aromatic heterocycles. The van der Waals surface area contributed by atoms with E-state index in [1.165, 1.54) is 11.5 Å². The lowest BCUT2D eigenvalue weighted by atomic mass is 10.2. The summed E-state index contributed by atoms with van der Waals surface area (Å²) >= 11 is 1.25. The zero-order valence-electron chi connectivity index (χ0n) is 9.14. The number of nitrogens with zero attached hydrogens (tertiary/aromatic N) is 3. The predicted octanol–water partition coefficient (Wildman–Crippen LogP) is 1.05. The monoisotopic (exact) mass is 253 g/mol. The zero-order chi connectivity index (χ0) is 12.1. The summed E-state index contributed by atoms with van der Waals surface area (Å²) in [4.78, 5) is 11.5. The summed E-state index contributed by atoms with van der Waals surface area (Å²) in [6.07, 6.45) is 3.21. The van der Waals surface area contributed by atoms with Gasteiger partial charge in [-0.3, -0.25) is 5.10 Å². The molecule has 2 heterocycles. The van der Waals surface area contributed by atoms with Gasteiger partial charge in [0.2, 0.25) is 0 Å². The Morgan fingerprint density at radius 3 is 3.18 bits per heavy atom. The summed E-state index contributed by atoms with van der Waals surface area (Å²) in [7, 11) is 0. The molecule has 0 bridgehead atoms. The van der Waals surface area contributed by atoms with Gasteiger partial charge in [-0.05, 0) is 6.92 Å². The maximum atomic E-state index is 11.5. The Balaban J connectivity index is 2.01. The minimum absolute atomic E-state index is 0.337. The van der Waals surface area contributed by atoms with Gasteiger partial charge in [0.05, 0.1) is 19.0 Å². The van der Waals surface area contributed by atoms with Crippen LogP contribution in [0.25, 0.3) is 0 Å². The molecule has 0 saturated carbocycles. The average molecular weight is 253 g/mol. The number of aromatic amines is 1. The van der Waals surface area contributed by atoms with Crippen LogP contribution in [0.3, 0.4) is 0 Å². The van der Waals surface area contributed by atoms with E-state index in [9.17, 15) is 4.79 Å². The fourth-order valence-corrected chi connectivity index (χ4v) is 1.67. The van der Waals surface area contributed by atoms with E-state index in [4.69, 9.17) is 4.74 Å². The fourth-order valence-electron chi connectivity index (χ4n) is 1.25. The van der Waals surface area contributed by atoms with Gasteiger partial charge in [-0.25, -0.2) is 4.79 Å². The normalized spacial score (nSPS) is 10.2. The van der Waals surface area contributed by atoms with Gasteiger partial charge >= 0.3 is 5.97 Å². The highest BCUT2D eigenvalue weighted by Crippen LogP contribution is 2.13. The lowest BCUT2D eigenvalue weighted by Gasteiger charge is -2.03. The minimum Gasteiger partial charge on any atom is -0.461 e. The molecule has 0 aromatic carbocycles. The van der Waals surface area contributed by atoms with Crippen LogP contribution in [-0.2, 0) is 11.3 Å². The first-order chi connectivity index (χ1) is 8.31. The summed E-state index contributed by atoms with van der Waals surface area (Å²) in [6, 6.07) is 0. The van der Waals surface area contributed by atoms with Crippen molar-refractivity contribution >= 4 is 22.5 Å². The first kappa shape index (κ1) is 11.5. The van der Waals surface area contributed by atoms with Gasteiger partial charge in [0, 0.05) is 23.6 Å². The van der Waals surface area contributed by atoms with Crippen molar-refractivity contribution in [3.05, 3.63) is 23.7 Å².